The van der Waals surface area contributed by atoms with Crippen molar-refractivity contribution in [1.82, 2.24) is 10.6 Å². The van der Waals surface area contributed by atoms with Crippen molar-refractivity contribution in [1.29, 1.82) is 0 Å². The number of ether oxygens (including phenoxy) is 1. The Kier molecular flexibility index (Phi) is 8.33. The summed E-state index contributed by atoms with van der Waals surface area (Å²) >= 11 is 0. The van der Waals surface area contributed by atoms with Gasteiger partial charge in [-0.2, -0.15) is 0 Å². The van der Waals surface area contributed by atoms with E-state index in [4.69, 9.17) is 4.74 Å². The molecule has 6 nitrogen and oxygen atoms in total. The van der Waals surface area contributed by atoms with Crippen LogP contribution in [0.2, 0.25) is 0 Å². The minimum Gasteiger partial charge on any atom is -0.376 e. The number of sulfone groups is 1. The molecule has 2 N–H and O–H groups in total. The highest BCUT2D eigenvalue weighted by Crippen LogP contribution is 2.19. The van der Waals surface area contributed by atoms with E-state index in [0.717, 1.165) is 12.8 Å². The molecular formula is C16H33N3O3S. The zero-order valence-electron chi connectivity index (χ0n) is 15.0. The first-order valence-electron chi connectivity index (χ1n) is 8.52. The largest absolute Gasteiger partial charge is 0.376 e. The monoisotopic (exact) mass is 347 g/mol. The second kappa shape index (κ2) is 9.47. The lowest BCUT2D eigenvalue weighted by molar-refractivity contribution is 0.0468. The van der Waals surface area contributed by atoms with Crippen LogP contribution in [0.4, 0.5) is 0 Å². The Hall–Kier alpha value is -0.820. The number of rotatable bonds is 7. The minimum atomic E-state index is -3.12. The van der Waals surface area contributed by atoms with E-state index in [1.807, 2.05) is 0 Å². The van der Waals surface area contributed by atoms with Gasteiger partial charge in [0, 0.05) is 26.4 Å². The quantitative estimate of drug-likeness (QED) is 0.317. The summed E-state index contributed by atoms with van der Waals surface area (Å²) in [6, 6.07) is 0. The van der Waals surface area contributed by atoms with E-state index in [1.165, 1.54) is 31.9 Å². The molecule has 0 heterocycles. The molecule has 1 fully saturated rings. The van der Waals surface area contributed by atoms with Gasteiger partial charge in [-0.1, -0.05) is 25.7 Å². The molecule has 1 aliphatic carbocycles. The van der Waals surface area contributed by atoms with E-state index in [2.05, 4.69) is 15.6 Å². The summed E-state index contributed by atoms with van der Waals surface area (Å²) in [6.45, 7) is 5.03. The molecule has 1 aliphatic rings. The van der Waals surface area contributed by atoms with Gasteiger partial charge in [0.2, 0.25) is 0 Å². The van der Waals surface area contributed by atoms with Crippen molar-refractivity contribution in [2.45, 2.75) is 63.2 Å². The van der Waals surface area contributed by atoms with E-state index < -0.39 is 14.6 Å². The molecule has 0 unspecified atom stereocenters. The van der Waals surface area contributed by atoms with Gasteiger partial charge in [0.15, 0.2) is 15.8 Å². The highest BCUT2D eigenvalue weighted by atomic mass is 32.2. The molecule has 23 heavy (non-hydrogen) atoms. The van der Waals surface area contributed by atoms with Crippen LogP contribution >= 0.6 is 0 Å². The van der Waals surface area contributed by atoms with E-state index in [1.54, 1.807) is 20.9 Å². The lowest BCUT2D eigenvalue weighted by Gasteiger charge is -2.24. The topological polar surface area (TPSA) is 79.8 Å². The normalized spacial score (nSPS) is 18.5. The molecule has 136 valence electrons. The number of guanidine groups is 1. The standard InChI is InChI=1S/C16H33N3O3S/c1-16(2,23(4,20)21)13-19-15(17-3)18-11-12-22-14-9-7-5-6-8-10-14/h14H,5-13H2,1-4H3,(H2,17,18,19). The van der Waals surface area contributed by atoms with Crippen LogP contribution < -0.4 is 10.6 Å². The fraction of sp³-hybridized carbons (Fsp3) is 0.938. The molecular weight excluding hydrogens is 314 g/mol. The maximum Gasteiger partial charge on any atom is 0.191 e. The summed E-state index contributed by atoms with van der Waals surface area (Å²) in [5.41, 5.74) is 0. The predicted octanol–water partition coefficient (Wildman–Crippen LogP) is 1.71. The van der Waals surface area contributed by atoms with Gasteiger partial charge >= 0.3 is 0 Å². The Morgan fingerprint density at radius 3 is 2.30 bits per heavy atom. The van der Waals surface area contributed by atoms with Crippen LogP contribution in [0, 0.1) is 0 Å². The average Bonchev–Trinajstić information content (AvgIpc) is 2.74. The molecule has 1 rings (SSSR count). The van der Waals surface area contributed by atoms with Gasteiger partial charge < -0.3 is 15.4 Å². The number of nitrogens with one attached hydrogen (secondary N) is 2. The molecule has 0 aromatic heterocycles. The average molecular weight is 348 g/mol. The molecule has 0 radical (unpaired) electrons. The zero-order chi connectivity index (χ0) is 17.3. The first-order valence-corrected chi connectivity index (χ1v) is 10.4. The van der Waals surface area contributed by atoms with Crippen LogP contribution in [-0.2, 0) is 14.6 Å². The molecule has 0 atom stereocenters. The molecule has 7 heteroatoms. The van der Waals surface area contributed by atoms with E-state index in [9.17, 15) is 8.42 Å². The van der Waals surface area contributed by atoms with Gasteiger partial charge in [-0.05, 0) is 26.7 Å². The molecule has 0 saturated heterocycles. The van der Waals surface area contributed by atoms with E-state index in [0.29, 0.717) is 31.8 Å². The summed E-state index contributed by atoms with van der Waals surface area (Å²) in [7, 11) is -1.44. The van der Waals surface area contributed by atoms with Crippen molar-refractivity contribution in [2.24, 2.45) is 4.99 Å². The van der Waals surface area contributed by atoms with Crippen molar-refractivity contribution in [3.05, 3.63) is 0 Å². The van der Waals surface area contributed by atoms with Crippen molar-refractivity contribution in [3.63, 3.8) is 0 Å². The zero-order valence-corrected chi connectivity index (χ0v) is 15.8. The van der Waals surface area contributed by atoms with Gasteiger partial charge in [0.25, 0.3) is 0 Å². The molecule has 1 saturated carbocycles. The number of hydrogen-bond donors (Lipinski definition) is 2. The molecule has 0 aromatic rings. The minimum absolute atomic E-state index is 0.314. The first-order chi connectivity index (χ1) is 10.8. The van der Waals surface area contributed by atoms with Crippen molar-refractivity contribution >= 4 is 15.8 Å². The van der Waals surface area contributed by atoms with Gasteiger partial charge in [-0.15, -0.1) is 0 Å². The third kappa shape index (κ3) is 7.52. The van der Waals surface area contributed by atoms with E-state index >= 15 is 0 Å². The Morgan fingerprint density at radius 2 is 1.78 bits per heavy atom. The summed E-state index contributed by atoms with van der Waals surface area (Å²) in [4.78, 5) is 4.12. The maximum atomic E-state index is 11.7. The Labute approximate surface area is 141 Å². The Morgan fingerprint density at radius 1 is 1.17 bits per heavy atom. The third-order valence-corrected chi connectivity index (χ3v) is 6.61. The van der Waals surface area contributed by atoms with Crippen LogP contribution in [0.15, 0.2) is 4.99 Å². The fourth-order valence-electron chi connectivity index (χ4n) is 2.45. The maximum absolute atomic E-state index is 11.7. The second-order valence-corrected chi connectivity index (χ2v) is 9.52. The van der Waals surface area contributed by atoms with Crippen LogP contribution in [0.25, 0.3) is 0 Å². The smallest absolute Gasteiger partial charge is 0.191 e. The first kappa shape index (κ1) is 20.2. The van der Waals surface area contributed by atoms with Crippen molar-refractivity contribution in [3.8, 4) is 0 Å². The van der Waals surface area contributed by atoms with Crippen LogP contribution in [0.3, 0.4) is 0 Å². The molecule has 0 amide bonds. The fourth-order valence-corrected chi connectivity index (χ4v) is 2.79. The molecule has 0 spiro atoms. The molecule has 0 aromatic carbocycles. The number of hydrogen-bond acceptors (Lipinski definition) is 4. The second-order valence-electron chi connectivity index (χ2n) is 6.87. The summed E-state index contributed by atoms with van der Waals surface area (Å²) < 4.78 is 28.5. The van der Waals surface area contributed by atoms with Crippen molar-refractivity contribution in [2.75, 3.05) is 33.0 Å². The van der Waals surface area contributed by atoms with Gasteiger partial charge in [0.05, 0.1) is 17.5 Å². The molecule has 0 bridgehead atoms. The highest BCUT2D eigenvalue weighted by Gasteiger charge is 2.30. The van der Waals surface area contributed by atoms with Crippen LogP contribution in [0.5, 0.6) is 0 Å². The van der Waals surface area contributed by atoms with Gasteiger partial charge in [0.1, 0.15) is 0 Å². The van der Waals surface area contributed by atoms with Crippen LogP contribution in [-0.4, -0.2) is 58.2 Å². The van der Waals surface area contributed by atoms with Crippen LogP contribution in [0.1, 0.15) is 52.4 Å². The molecule has 0 aliphatic heterocycles. The van der Waals surface area contributed by atoms with Crippen molar-refractivity contribution < 1.29 is 13.2 Å². The SMILES string of the molecule is CN=C(NCCOC1CCCCCC1)NCC(C)(C)S(C)(=O)=O. The summed E-state index contributed by atoms with van der Waals surface area (Å²) in [5, 5.41) is 6.24. The summed E-state index contributed by atoms with van der Waals surface area (Å²) in [5.74, 6) is 0.603. The van der Waals surface area contributed by atoms with E-state index in [-0.39, 0.29) is 0 Å². The lowest BCUT2D eigenvalue weighted by atomic mass is 10.1. The van der Waals surface area contributed by atoms with Gasteiger partial charge in [-0.3, -0.25) is 4.99 Å². The number of aliphatic imine (C=N–C) groups is 1. The Balaban J connectivity index is 2.26. The summed E-state index contributed by atoms with van der Waals surface area (Å²) in [6.07, 6.45) is 9.15. The highest BCUT2D eigenvalue weighted by molar-refractivity contribution is 7.92. The van der Waals surface area contributed by atoms with Gasteiger partial charge in [-0.25, -0.2) is 8.42 Å². The third-order valence-electron chi connectivity index (χ3n) is 4.46. The lowest BCUT2D eigenvalue weighted by Crippen LogP contribution is -2.48. The predicted molar refractivity (Wildman–Crippen MR) is 95.7 cm³/mol. The number of nitrogens with zero attached hydrogens (tertiary/aromatic N) is 1. The Bertz CT molecular complexity index is 467.